The monoisotopic (exact) mass is 320 g/mol. The van der Waals surface area contributed by atoms with E-state index in [0.29, 0.717) is 24.3 Å². The molecule has 0 aliphatic carbocycles. The zero-order chi connectivity index (χ0) is 17.5. The molecule has 2 N–H and O–H groups in total. The van der Waals surface area contributed by atoms with E-state index >= 15 is 0 Å². The van der Waals surface area contributed by atoms with Crippen LogP contribution in [0.3, 0.4) is 0 Å². The molecule has 0 aliphatic rings. The van der Waals surface area contributed by atoms with E-state index in [1.54, 1.807) is 39.0 Å². The van der Waals surface area contributed by atoms with E-state index in [4.69, 9.17) is 4.74 Å². The number of nitrogens with one attached hydrogen (secondary N) is 1. The molecule has 2 amide bonds. The van der Waals surface area contributed by atoms with Crippen molar-refractivity contribution in [1.82, 2.24) is 10.4 Å². The van der Waals surface area contributed by atoms with Gasteiger partial charge >= 0.3 is 6.09 Å². The maximum Gasteiger partial charge on any atom is 0.426 e. The number of para-hydroxylation sites is 1. The van der Waals surface area contributed by atoms with Gasteiger partial charge in [-0.15, -0.1) is 6.58 Å². The van der Waals surface area contributed by atoms with E-state index in [9.17, 15) is 14.7 Å². The van der Waals surface area contributed by atoms with Gasteiger partial charge in [-0.1, -0.05) is 24.3 Å². The molecule has 0 atom stereocenters. The number of amides is 2. The first kappa shape index (κ1) is 18.5. The van der Waals surface area contributed by atoms with Gasteiger partial charge in [0.2, 0.25) is 5.91 Å². The topological polar surface area (TPSA) is 78.9 Å². The Labute approximate surface area is 136 Å². The highest BCUT2D eigenvalue weighted by Gasteiger charge is 2.28. The predicted molar refractivity (Wildman–Crippen MR) is 88.2 cm³/mol. The fourth-order valence-corrected chi connectivity index (χ4v) is 1.88. The van der Waals surface area contributed by atoms with Gasteiger partial charge in [-0.05, 0) is 33.3 Å². The Morgan fingerprint density at radius 3 is 2.57 bits per heavy atom. The lowest BCUT2D eigenvalue weighted by Crippen LogP contribution is -2.55. The number of hydrazine groups is 1. The van der Waals surface area contributed by atoms with Crippen molar-refractivity contribution in [2.75, 3.05) is 6.61 Å². The molecular weight excluding hydrogens is 296 g/mol. The maximum atomic E-state index is 12.2. The van der Waals surface area contributed by atoms with E-state index in [1.807, 2.05) is 12.1 Å². The summed E-state index contributed by atoms with van der Waals surface area (Å²) in [4.78, 5) is 23.4. The summed E-state index contributed by atoms with van der Waals surface area (Å²) in [5.41, 5.74) is 2.39. The number of carboxylic acid groups (broad SMARTS) is 1. The van der Waals surface area contributed by atoms with Crippen molar-refractivity contribution in [3.63, 3.8) is 0 Å². The smallest absolute Gasteiger partial charge is 0.426 e. The molecule has 1 rings (SSSR count). The molecule has 126 valence electrons. The predicted octanol–water partition coefficient (Wildman–Crippen LogP) is 2.99. The Kier molecular flexibility index (Phi) is 6.63. The van der Waals surface area contributed by atoms with E-state index in [0.717, 1.165) is 5.01 Å². The van der Waals surface area contributed by atoms with Gasteiger partial charge in [0.1, 0.15) is 5.75 Å². The standard InChI is InChI=1S/C17H24N2O4/c1-5-6-11-23-14-10-8-7-9-13(14)12-15(20)18-19(16(21)22)17(2,3)4/h5,7-10H,1,6,11-12H2,2-4H3,(H,18,20)(H,21,22). The molecule has 0 radical (unpaired) electrons. The number of ether oxygens (including phenoxy) is 1. The average molecular weight is 320 g/mol. The summed E-state index contributed by atoms with van der Waals surface area (Å²) in [6.07, 6.45) is 1.28. The summed E-state index contributed by atoms with van der Waals surface area (Å²) in [7, 11) is 0. The first-order chi connectivity index (χ1) is 10.8. The first-order valence-electron chi connectivity index (χ1n) is 7.40. The van der Waals surface area contributed by atoms with E-state index in [-0.39, 0.29) is 6.42 Å². The van der Waals surface area contributed by atoms with Gasteiger partial charge in [0.15, 0.2) is 0 Å². The second-order valence-electron chi connectivity index (χ2n) is 6.03. The zero-order valence-corrected chi connectivity index (χ0v) is 13.8. The van der Waals surface area contributed by atoms with Crippen LogP contribution in [0.25, 0.3) is 0 Å². The number of carbonyl (C=O) groups excluding carboxylic acids is 1. The van der Waals surface area contributed by atoms with Crippen molar-refractivity contribution in [2.45, 2.75) is 39.2 Å². The molecule has 0 saturated carbocycles. The molecule has 0 saturated heterocycles. The van der Waals surface area contributed by atoms with Gasteiger partial charge in [-0.2, -0.15) is 0 Å². The van der Waals surface area contributed by atoms with Crippen molar-refractivity contribution in [2.24, 2.45) is 0 Å². The highest BCUT2D eigenvalue weighted by atomic mass is 16.5. The Hall–Kier alpha value is -2.50. The Morgan fingerprint density at radius 2 is 2.00 bits per heavy atom. The Bertz CT molecular complexity index is 564. The summed E-state index contributed by atoms with van der Waals surface area (Å²) < 4.78 is 5.62. The van der Waals surface area contributed by atoms with E-state index in [2.05, 4.69) is 12.0 Å². The minimum atomic E-state index is -1.21. The largest absolute Gasteiger partial charge is 0.493 e. The van der Waals surface area contributed by atoms with Crippen molar-refractivity contribution in [3.05, 3.63) is 42.5 Å². The third kappa shape index (κ3) is 6.02. The molecular formula is C17H24N2O4. The summed E-state index contributed by atoms with van der Waals surface area (Å²) in [6, 6.07) is 7.19. The lowest BCUT2D eigenvalue weighted by atomic mass is 10.1. The van der Waals surface area contributed by atoms with Crippen molar-refractivity contribution < 1.29 is 19.4 Å². The summed E-state index contributed by atoms with van der Waals surface area (Å²) in [5.74, 6) is 0.198. The molecule has 0 spiro atoms. The Morgan fingerprint density at radius 1 is 1.35 bits per heavy atom. The van der Waals surface area contributed by atoms with Gasteiger partial charge in [0, 0.05) is 5.56 Å². The number of hydrogen-bond donors (Lipinski definition) is 2. The number of rotatable bonds is 6. The molecule has 1 aromatic carbocycles. The maximum absolute atomic E-state index is 12.2. The molecule has 0 heterocycles. The first-order valence-corrected chi connectivity index (χ1v) is 7.40. The normalized spacial score (nSPS) is 10.7. The molecule has 0 aliphatic heterocycles. The van der Waals surface area contributed by atoms with Crippen LogP contribution in [0.5, 0.6) is 5.75 Å². The van der Waals surface area contributed by atoms with Gasteiger partial charge in [0.25, 0.3) is 0 Å². The minimum absolute atomic E-state index is 0.0319. The molecule has 1 aromatic rings. The summed E-state index contributed by atoms with van der Waals surface area (Å²) in [6.45, 7) is 9.21. The number of nitrogens with zero attached hydrogens (tertiary/aromatic N) is 1. The minimum Gasteiger partial charge on any atom is -0.493 e. The van der Waals surface area contributed by atoms with Crippen LogP contribution < -0.4 is 10.2 Å². The molecule has 0 bridgehead atoms. The van der Waals surface area contributed by atoms with Crippen LogP contribution in [0.4, 0.5) is 4.79 Å². The molecule has 0 aromatic heterocycles. The Balaban J connectivity index is 2.77. The van der Waals surface area contributed by atoms with E-state index in [1.165, 1.54) is 0 Å². The third-order valence-corrected chi connectivity index (χ3v) is 3.00. The van der Waals surface area contributed by atoms with Crippen LogP contribution >= 0.6 is 0 Å². The van der Waals surface area contributed by atoms with Crippen molar-refractivity contribution in [3.8, 4) is 5.75 Å². The molecule has 6 nitrogen and oxygen atoms in total. The fourth-order valence-electron chi connectivity index (χ4n) is 1.88. The van der Waals surface area contributed by atoms with Gasteiger partial charge < -0.3 is 9.84 Å². The lowest BCUT2D eigenvalue weighted by Gasteiger charge is -2.32. The summed E-state index contributed by atoms with van der Waals surface area (Å²) >= 11 is 0. The quantitative estimate of drug-likeness (QED) is 0.480. The van der Waals surface area contributed by atoms with Gasteiger partial charge in [-0.25, -0.2) is 9.80 Å². The number of carbonyl (C=O) groups is 2. The van der Waals surface area contributed by atoms with Crippen LogP contribution in [0.15, 0.2) is 36.9 Å². The highest BCUT2D eigenvalue weighted by Crippen LogP contribution is 2.19. The SMILES string of the molecule is C=CCCOc1ccccc1CC(=O)NN(C(=O)O)C(C)(C)C. The van der Waals surface area contributed by atoms with Gasteiger partial charge in [0.05, 0.1) is 18.6 Å². The van der Waals surface area contributed by atoms with Crippen molar-refractivity contribution >= 4 is 12.0 Å². The molecule has 0 fully saturated rings. The van der Waals surface area contributed by atoms with Crippen LogP contribution in [0.1, 0.15) is 32.8 Å². The summed E-state index contributed by atoms with van der Waals surface area (Å²) in [5, 5.41) is 10.1. The third-order valence-electron chi connectivity index (χ3n) is 3.00. The fraction of sp³-hybridized carbons (Fsp3) is 0.412. The second kappa shape index (κ2) is 8.22. The lowest BCUT2D eigenvalue weighted by molar-refractivity contribution is -0.126. The molecule has 6 heteroatoms. The zero-order valence-electron chi connectivity index (χ0n) is 13.8. The number of benzene rings is 1. The van der Waals surface area contributed by atoms with Crippen LogP contribution in [0.2, 0.25) is 0 Å². The highest BCUT2D eigenvalue weighted by molar-refractivity contribution is 5.81. The van der Waals surface area contributed by atoms with Gasteiger partial charge in [-0.3, -0.25) is 10.2 Å². The molecule has 23 heavy (non-hydrogen) atoms. The van der Waals surface area contributed by atoms with Crippen LogP contribution in [-0.4, -0.2) is 34.3 Å². The van der Waals surface area contributed by atoms with Crippen LogP contribution in [0, 0.1) is 0 Å². The average Bonchev–Trinajstić information content (AvgIpc) is 2.45. The van der Waals surface area contributed by atoms with E-state index < -0.39 is 17.5 Å². The molecule has 0 unspecified atom stereocenters. The van der Waals surface area contributed by atoms with Crippen molar-refractivity contribution in [1.29, 1.82) is 0 Å². The second-order valence-corrected chi connectivity index (χ2v) is 6.03. The van der Waals surface area contributed by atoms with Crippen LogP contribution in [-0.2, 0) is 11.2 Å². The number of hydrogen-bond acceptors (Lipinski definition) is 3.